The lowest BCUT2D eigenvalue weighted by molar-refractivity contribution is 0.133. The van der Waals surface area contributed by atoms with Gasteiger partial charge in [-0.25, -0.2) is 0 Å². The molecule has 1 saturated carbocycles. The van der Waals surface area contributed by atoms with Gasteiger partial charge in [-0.05, 0) is 56.3 Å². The van der Waals surface area contributed by atoms with Gasteiger partial charge in [-0.15, -0.1) is 0 Å². The largest absolute Gasteiger partial charge is 0.323 e. The molecular formula is C18H30N2. The average Bonchev–Trinajstić information content (AvgIpc) is 2.42. The zero-order valence-corrected chi connectivity index (χ0v) is 13.5. The van der Waals surface area contributed by atoms with Gasteiger partial charge < -0.3 is 10.6 Å². The zero-order valence-electron chi connectivity index (χ0n) is 13.5. The molecule has 1 aromatic rings. The first-order valence-electron chi connectivity index (χ1n) is 8.02. The monoisotopic (exact) mass is 274 g/mol. The Balaban J connectivity index is 1.99. The van der Waals surface area contributed by atoms with E-state index in [-0.39, 0.29) is 6.04 Å². The Kier molecular flexibility index (Phi) is 5.22. The number of nitrogens with two attached hydrogens (primary N) is 1. The Morgan fingerprint density at radius 3 is 2.55 bits per heavy atom. The van der Waals surface area contributed by atoms with Crippen molar-refractivity contribution in [1.82, 2.24) is 4.90 Å². The molecule has 3 unspecified atom stereocenters. The van der Waals surface area contributed by atoms with Gasteiger partial charge in [-0.3, -0.25) is 0 Å². The molecule has 0 aliphatic heterocycles. The zero-order chi connectivity index (χ0) is 14.7. The molecule has 20 heavy (non-hydrogen) atoms. The molecule has 1 aliphatic rings. The lowest BCUT2D eigenvalue weighted by Gasteiger charge is -2.37. The number of likely N-dealkylation sites (N-methyl/N-ethyl adjacent to an activating group) is 1. The van der Waals surface area contributed by atoms with E-state index in [0.717, 1.165) is 12.5 Å². The second-order valence-corrected chi connectivity index (χ2v) is 6.72. The summed E-state index contributed by atoms with van der Waals surface area (Å²) in [6.07, 6.45) is 5.47. The number of aryl methyl sites for hydroxylation is 2. The van der Waals surface area contributed by atoms with Gasteiger partial charge >= 0.3 is 0 Å². The van der Waals surface area contributed by atoms with Crippen LogP contribution in [0.2, 0.25) is 0 Å². The standard InChI is InChI=1S/C18H30N2/c1-13-9-10-16(11-15(13)3)17(19)12-20(4)18-8-6-5-7-14(18)2/h9-11,14,17-18H,5-8,12,19H2,1-4H3. The molecule has 3 atom stereocenters. The Morgan fingerprint density at radius 1 is 1.20 bits per heavy atom. The normalized spacial score (nSPS) is 24.9. The minimum atomic E-state index is 0.119. The second kappa shape index (κ2) is 6.73. The minimum Gasteiger partial charge on any atom is -0.323 e. The first kappa shape index (κ1) is 15.5. The van der Waals surface area contributed by atoms with Crippen LogP contribution in [0.1, 0.15) is 55.3 Å². The summed E-state index contributed by atoms with van der Waals surface area (Å²) in [7, 11) is 2.24. The van der Waals surface area contributed by atoms with E-state index in [0.29, 0.717) is 6.04 Å². The van der Waals surface area contributed by atoms with E-state index < -0.39 is 0 Å². The van der Waals surface area contributed by atoms with Gasteiger partial charge in [0.2, 0.25) is 0 Å². The minimum absolute atomic E-state index is 0.119. The van der Waals surface area contributed by atoms with Crippen LogP contribution in [0.4, 0.5) is 0 Å². The maximum absolute atomic E-state index is 6.43. The van der Waals surface area contributed by atoms with Crippen LogP contribution in [0.3, 0.4) is 0 Å². The highest BCUT2D eigenvalue weighted by atomic mass is 15.1. The maximum Gasteiger partial charge on any atom is 0.0424 e. The summed E-state index contributed by atoms with van der Waals surface area (Å²) in [5.41, 5.74) is 10.4. The van der Waals surface area contributed by atoms with Crippen LogP contribution in [-0.4, -0.2) is 24.5 Å². The number of nitrogens with zero attached hydrogens (tertiary/aromatic N) is 1. The highest BCUT2D eigenvalue weighted by molar-refractivity contribution is 5.31. The van der Waals surface area contributed by atoms with E-state index >= 15 is 0 Å². The van der Waals surface area contributed by atoms with Gasteiger partial charge in [0.1, 0.15) is 0 Å². The van der Waals surface area contributed by atoms with Crippen LogP contribution in [0.25, 0.3) is 0 Å². The van der Waals surface area contributed by atoms with Gasteiger partial charge in [-0.2, -0.15) is 0 Å². The van der Waals surface area contributed by atoms with Crippen molar-refractivity contribution in [2.75, 3.05) is 13.6 Å². The lowest BCUT2D eigenvalue weighted by Crippen LogP contribution is -2.42. The molecule has 2 rings (SSSR count). The van der Waals surface area contributed by atoms with Crippen molar-refractivity contribution in [3.8, 4) is 0 Å². The van der Waals surface area contributed by atoms with E-state index in [4.69, 9.17) is 5.73 Å². The first-order chi connectivity index (χ1) is 9.49. The molecule has 0 radical (unpaired) electrons. The quantitative estimate of drug-likeness (QED) is 0.904. The average molecular weight is 274 g/mol. The summed E-state index contributed by atoms with van der Waals surface area (Å²) >= 11 is 0. The molecule has 1 fully saturated rings. The fraction of sp³-hybridized carbons (Fsp3) is 0.667. The highest BCUT2D eigenvalue weighted by Gasteiger charge is 2.25. The molecule has 112 valence electrons. The molecule has 2 N–H and O–H groups in total. The van der Waals surface area contributed by atoms with Crippen LogP contribution in [-0.2, 0) is 0 Å². The summed E-state index contributed by atoms with van der Waals surface area (Å²) in [5.74, 6) is 0.806. The Morgan fingerprint density at radius 2 is 1.90 bits per heavy atom. The molecule has 2 heteroatoms. The molecule has 0 aromatic heterocycles. The van der Waals surface area contributed by atoms with Crippen LogP contribution >= 0.6 is 0 Å². The summed E-state index contributed by atoms with van der Waals surface area (Å²) < 4.78 is 0. The van der Waals surface area contributed by atoms with Crippen molar-refractivity contribution < 1.29 is 0 Å². The third kappa shape index (κ3) is 3.62. The third-order valence-electron chi connectivity index (χ3n) is 5.08. The van der Waals surface area contributed by atoms with E-state index in [1.165, 1.54) is 42.4 Å². The van der Waals surface area contributed by atoms with Crippen LogP contribution in [0.5, 0.6) is 0 Å². The molecule has 0 heterocycles. The topological polar surface area (TPSA) is 29.3 Å². The van der Waals surface area contributed by atoms with E-state index in [9.17, 15) is 0 Å². The highest BCUT2D eigenvalue weighted by Crippen LogP contribution is 2.28. The molecule has 0 bridgehead atoms. The molecule has 2 nitrogen and oxygen atoms in total. The van der Waals surface area contributed by atoms with Gasteiger partial charge in [-0.1, -0.05) is 38.0 Å². The molecule has 0 amide bonds. The van der Waals surface area contributed by atoms with Crippen LogP contribution in [0.15, 0.2) is 18.2 Å². The molecule has 0 saturated heterocycles. The Hall–Kier alpha value is -0.860. The summed E-state index contributed by atoms with van der Waals surface area (Å²) in [4.78, 5) is 2.49. The summed E-state index contributed by atoms with van der Waals surface area (Å²) in [5, 5.41) is 0. The van der Waals surface area contributed by atoms with Crippen molar-refractivity contribution in [2.24, 2.45) is 11.7 Å². The van der Waals surface area contributed by atoms with Crippen molar-refractivity contribution in [1.29, 1.82) is 0 Å². The predicted molar refractivity (Wildman–Crippen MR) is 86.9 cm³/mol. The number of hydrogen-bond donors (Lipinski definition) is 1. The number of benzene rings is 1. The molecular weight excluding hydrogens is 244 g/mol. The van der Waals surface area contributed by atoms with E-state index in [2.05, 4.69) is 50.9 Å². The predicted octanol–water partition coefficient (Wildman–Crippen LogP) is 3.81. The van der Waals surface area contributed by atoms with Crippen molar-refractivity contribution in [2.45, 2.75) is 58.5 Å². The van der Waals surface area contributed by atoms with Gasteiger partial charge in [0.25, 0.3) is 0 Å². The Bertz CT molecular complexity index is 441. The van der Waals surface area contributed by atoms with Gasteiger partial charge in [0, 0.05) is 18.6 Å². The van der Waals surface area contributed by atoms with E-state index in [1.54, 1.807) is 0 Å². The maximum atomic E-state index is 6.43. The van der Waals surface area contributed by atoms with Gasteiger partial charge in [0.05, 0.1) is 0 Å². The van der Waals surface area contributed by atoms with Crippen LogP contribution in [0, 0.1) is 19.8 Å². The smallest absolute Gasteiger partial charge is 0.0424 e. The van der Waals surface area contributed by atoms with Gasteiger partial charge in [0.15, 0.2) is 0 Å². The van der Waals surface area contributed by atoms with E-state index in [1.807, 2.05) is 0 Å². The molecule has 1 aromatic carbocycles. The van der Waals surface area contributed by atoms with Crippen molar-refractivity contribution in [3.63, 3.8) is 0 Å². The molecule has 0 spiro atoms. The summed E-state index contributed by atoms with van der Waals surface area (Å²) in [6.45, 7) is 7.67. The fourth-order valence-electron chi connectivity index (χ4n) is 3.50. The molecule has 1 aliphatic carbocycles. The van der Waals surface area contributed by atoms with Crippen molar-refractivity contribution in [3.05, 3.63) is 34.9 Å². The second-order valence-electron chi connectivity index (χ2n) is 6.72. The third-order valence-corrected chi connectivity index (χ3v) is 5.08. The number of rotatable bonds is 4. The van der Waals surface area contributed by atoms with Crippen molar-refractivity contribution >= 4 is 0 Å². The van der Waals surface area contributed by atoms with Crippen LogP contribution < -0.4 is 5.73 Å². The SMILES string of the molecule is Cc1ccc(C(N)CN(C)C2CCCCC2C)cc1C. The fourth-order valence-corrected chi connectivity index (χ4v) is 3.50. The Labute approximate surface area is 124 Å². The number of hydrogen-bond acceptors (Lipinski definition) is 2. The first-order valence-corrected chi connectivity index (χ1v) is 8.02. The lowest BCUT2D eigenvalue weighted by atomic mass is 9.85. The summed E-state index contributed by atoms with van der Waals surface area (Å²) in [6, 6.07) is 7.45.